The number of nitrogens with one attached hydrogen (secondary N) is 1. The number of carboxylic acid groups (broad SMARTS) is 1. The van der Waals surface area contributed by atoms with E-state index in [1.54, 1.807) is 22.9 Å². The molecule has 2 aromatic heterocycles. The van der Waals surface area contributed by atoms with E-state index < -0.39 is 34.6 Å². The Labute approximate surface area is 267 Å². The average molecular weight is 674 g/mol. The fourth-order valence-corrected chi connectivity index (χ4v) is 9.41. The Bertz CT molecular complexity index is 1750. The third kappa shape index (κ3) is 6.03. The lowest BCUT2D eigenvalue weighted by atomic mass is 9.87. The highest BCUT2D eigenvalue weighted by molar-refractivity contribution is 8.04. The summed E-state index contributed by atoms with van der Waals surface area (Å²) in [4.78, 5) is 62.6. The van der Waals surface area contributed by atoms with Crippen molar-refractivity contribution in [1.29, 1.82) is 0 Å². The maximum Gasteiger partial charge on any atom is 0.316 e. The van der Waals surface area contributed by atoms with Gasteiger partial charge in [0.15, 0.2) is 16.3 Å². The van der Waals surface area contributed by atoms with E-state index in [1.807, 2.05) is 0 Å². The summed E-state index contributed by atoms with van der Waals surface area (Å²) >= 11 is 4.93. The molecule has 0 radical (unpaired) electrons. The molecular weight excluding hydrogens is 647 g/mol. The molecule has 6 rings (SSSR count). The molecule has 1 saturated carbocycles. The van der Waals surface area contributed by atoms with E-state index in [1.165, 1.54) is 58.0 Å². The lowest BCUT2D eigenvalue weighted by Crippen LogP contribution is -2.73. The summed E-state index contributed by atoms with van der Waals surface area (Å²) in [5.74, 6) is -1.90. The first-order valence-corrected chi connectivity index (χ1v) is 17.3. The van der Waals surface area contributed by atoms with Crippen LogP contribution in [0.25, 0.3) is 10.1 Å². The Kier molecular flexibility index (Phi) is 8.59. The minimum atomic E-state index is -1.36. The van der Waals surface area contributed by atoms with Crippen molar-refractivity contribution in [3.63, 3.8) is 0 Å². The third-order valence-corrected chi connectivity index (χ3v) is 11.9. The molecule has 3 fully saturated rings. The Morgan fingerprint density at radius 3 is 2.77 bits per heavy atom. The number of oxime groups is 1. The highest BCUT2D eigenvalue weighted by atomic mass is 32.2. The van der Waals surface area contributed by atoms with E-state index in [0.29, 0.717) is 14.3 Å². The first kappa shape index (κ1) is 30.4. The van der Waals surface area contributed by atoms with Crippen LogP contribution in [0.3, 0.4) is 0 Å². The minimum Gasteiger partial charge on any atom is -0.508 e. The summed E-state index contributed by atoms with van der Waals surface area (Å²) in [6.07, 6.45) is 5.20. The molecule has 2 aliphatic heterocycles. The van der Waals surface area contributed by atoms with Gasteiger partial charge < -0.3 is 31.0 Å². The van der Waals surface area contributed by atoms with Gasteiger partial charge in [-0.25, -0.2) is 4.98 Å². The number of carbonyl (C=O) groups excluding carboxylic acids is 2. The lowest BCUT2D eigenvalue weighted by molar-refractivity contribution is -0.156. The second-order valence-electron chi connectivity index (χ2n) is 10.6. The molecule has 1 aliphatic carbocycles. The molecule has 3 atom stereocenters. The maximum atomic E-state index is 13.3. The predicted octanol–water partition coefficient (Wildman–Crippen LogP) is 3.45. The maximum absolute atomic E-state index is 13.3. The highest BCUT2D eigenvalue weighted by Crippen LogP contribution is 2.44. The number of hydrogen-bond donors (Lipinski definition) is 4. The number of aliphatic carboxylic acids is 1. The molecule has 230 valence electrons. The number of benzene rings is 1. The molecule has 4 heterocycles. The number of anilines is 1. The average Bonchev–Trinajstić information content (AvgIpc) is 3.67. The third-order valence-electron chi connectivity index (χ3n) is 7.65. The van der Waals surface area contributed by atoms with Crippen LogP contribution in [-0.4, -0.2) is 73.4 Å². The number of fused-ring (bicyclic) bond motifs is 2. The van der Waals surface area contributed by atoms with Crippen molar-refractivity contribution in [3.8, 4) is 5.75 Å². The fraction of sp³-hybridized carbons (Fsp3) is 0.357. The van der Waals surface area contributed by atoms with Crippen LogP contribution >= 0.6 is 46.2 Å². The zero-order chi connectivity index (χ0) is 31.0. The van der Waals surface area contributed by atoms with Crippen molar-refractivity contribution >= 4 is 84.9 Å². The van der Waals surface area contributed by atoms with Crippen molar-refractivity contribution < 1.29 is 29.4 Å². The molecule has 12 nitrogen and oxygen atoms in total. The van der Waals surface area contributed by atoms with Crippen LogP contribution in [0.15, 0.2) is 55.3 Å². The largest absolute Gasteiger partial charge is 0.508 e. The van der Waals surface area contributed by atoms with Gasteiger partial charge in [0.05, 0.1) is 4.21 Å². The van der Waals surface area contributed by atoms with E-state index in [9.17, 15) is 29.4 Å². The number of phenolic OH excluding ortho intramolecular Hbond substituents is 1. The smallest absolute Gasteiger partial charge is 0.316 e. The quantitative estimate of drug-likeness (QED) is 0.113. The van der Waals surface area contributed by atoms with Gasteiger partial charge in [0.1, 0.15) is 34.4 Å². The number of phenols is 1. The number of thiazole rings is 1. The van der Waals surface area contributed by atoms with E-state index in [2.05, 4.69) is 15.5 Å². The van der Waals surface area contributed by atoms with Crippen LogP contribution in [0.5, 0.6) is 5.75 Å². The van der Waals surface area contributed by atoms with Crippen molar-refractivity contribution in [2.24, 2.45) is 10.6 Å². The number of aromatic nitrogens is 1. The van der Waals surface area contributed by atoms with Gasteiger partial charge in [-0.2, -0.15) is 0 Å². The number of nitrogen functional groups attached to an aromatic ring is 1. The number of nitrogens with zero attached hydrogens (tertiary/aromatic N) is 3. The zero-order valence-corrected chi connectivity index (χ0v) is 26.3. The van der Waals surface area contributed by atoms with Gasteiger partial charge >= 0.3 is 5.97 Å². The van der Waals surface area contributed by atoms with Crippen LogP contribution in [-0.2, 0) is 19.2 Å². The van der Waals surface area contributed by atoms with Gasteiger partial charge in [-0.3, -0.25) is 19.2 Å². The van der Waals surface area contributed by atoms with Crippen LogP contribution < -0.4 is 16.5 Å². The number of rotatable bonds is 9. The van der Waals surface area contributed by atoms with Crippen LogP contribution in [0.1, 0.15) is 31.4 Å². The van der Waals surface area contributed by atoms with E-state index in [0.717, 1.165) is 37.0 Å². The van der Waals surface area contributed by atoms with Gasteiger partial charge in [0.2, 0.25) is 5.91 Å². The van der Waals surface area contributed by atoms with Gasteiger partial charge in [-0.05, 0) is 49.3 Å². The second-order valence-corrected chi connectivity index (χ2v) is 14.9. The summed E-state index contributed by atoms with van der Waals surface area (Å²) in [5.41, 5.74) is 4.40. The van der Waals surface area contributed by atoms with Crippen molar-refractivity contribution in [3.05, 3.63) is 57.0 Å². The fourth-order valence-electron chi connectivity index (χ4n) is 5.24. The Morgan fingerprint density at radius 1 is 1.25 bits per heavy atom. The number of aromatic hydroxyl groups is 1. The van der Waals surface area contributed by atoms with E-state index in [-0.39, 0.29) is 46.1 Å². The number of thioether (sulfide) groups is 2. The molecule has 2 amide bonds. The van der Waals surface area contributed by atoms with E-state index in [4.69, 9.17) is 10.6 Å². The van der Waals surface area contributed by atoms with Crippen LogP contribution in [0, 0.1) is 5.41 Å². The Morgan fingerprint density at radius 2 is 2.05 bits per heavy atom. The molecule has 3 aromatic rings. The molecule has 3 aliphatic rings. The van der Waals surface area contributed by atoms with Crippen molar-refractivity contribution in [2.75, 3.05) is 18.0 Å². The zero-order valence-electron chi connectivity index (χ0n) is 23.0. The van der Waals surface area contributed by atoms with Gasteiger partial charge in [0, 0.05) is 33.8 Å². The standard InChI is InChI=1S/C28H27N5O7S4/c29-27-30-17(11-42-27)21(32-40-15-3-1-2-4-15)23(36)31-22-24(37)33-12-28(26(38)39,13-43-25(22)33)7-8-41-20-10-18(35)16-6-5-14(34)9-19(16)44-20/h5-11,15,22,25,34H,1-4,12-13H2,(H2,29,30)(H,31,36)(H,38,39)/t22?,25-,28?/m1/s1. The number of β-lactam (4-membered cyclic amide) rings is 1. The normalized spacial score (nSPS) is 24.0. The summed E-state index contributed by atoms with van der Waals surface area (Å²) in [5, 5.41) is 30.3. The number of carboxylic acids is 1. The topological polar surface area (TPSA) is 185 Å². The van der Waals surface area contributed by atoms with Gasteiger partial charge in [0.25, 0.3) is 5.91 Å². The molecule has 1 aromatic carbocycles. The molecule has 2 saturated heterocycles. The second kappa shape index (κ2) is 12.4. The van der Waals surface area contributed by atoms with Gasteiger partial charge in [-0.15, -0.1) is 34.4 Å². The molecule has 16 heteroatoms. The number of nitrogens with two attached hydrogens (primary N) is 1. The molecule has 0 spiro atoms. The lowest BCUT2D eigenvalue weighted by Gasteiger charge is -2.53. The van der Waals surface area contributed by atoms with E-state index >= 15 is 0 Å². The van der Waals surface area contributed by atoms with Crippen molar-refractivity contribution in [1.82, 2.24) is 15.2 Å². The number of hydrogen-bond acceptors (Lipinski definition) is 13. The Hall–Kier alpha value is -3.60. The SMILES string of the molecule is Nc1nc(C(=NOC2CCCC2)C(=O)NC2C(=O)N3CC(C=CSc4cc(=O)c5ccc(O)cc5s4)(C(=O)O)CS[C@H]23)cs1. The molecule has 44 heavy (non-hydrogen) atoms. The molecule has 5 N–H and O–H groups in total. The molecule has 0 bridgehead atoms. The summed E-state index contributed by atoms with van der Waals surface area (Å²) in [6, 6.07) is 5.14. The summed E-state index contributed by atoms with van der Waals surface area (Å²) < 4.78 is 1.25. The number of amides is 2. The first-order chi connectivity index (χ1) is 21.1. The molecular formula is C28H27N5O7S4. The molecule has 2 unspecified atom stereocenters. The number of carbonyl (C=O) groups is 3. The predicted molar refractivity (Wildman–Crippen MR) is 171 cm³/mol. The van der Waals surface area contributed by atoms with Crippen molar-refractivity contribution in [2.45, 2.75) is 47.4 Å². The summed E-state index contributed by atoms with van der Waals surface area (Å²) in [6.45, 7) is -0.0710. The van der Waals surface area contributed by atoms with Crippen LogP contribution in [0.2, 0.25) is 0 Å². The monoisotopic (exact) mass is 673 g/mol. The van der Waals surface area contributed by atoms with Gasteiger partial charge in [-0.1, -0.05) is 23.0 Å². The first-order valence-electron chi connectivity index (χ1n) is 13.7. The Balaban J connectivity index is 1.13. The van der Waals surface area contributed by atoms with Crippen LogP contribution in [0.4, 0.5) is 5.13 Å². The minimum absolute atomic E-state index is 0.0481. The summed E-state index contributed by atoms with van der Waals surface area (Å²) in [7, 11) is 0. The highest BCUT2D eigenvalue weighted by Gasteiger charge is 2.57.